The molecule has 2 saturated heterocycles. The smallest absolute Gasteiger partial charge is 0.240 e. The van der Waals surface area contributed by atoms with E-state index in [1.165, 1.54) is 17.7 Å². The summed E-state index contributed by atoms with van der Waals surface area (Å²) in [6, 6.07) is 13.0. The Labute approximate surface area is 207 Å². The van der Waals surface area contributed by atoms with Crippen molar-refractivity contribution in [2.75, 3.05) is 70.5 Å². The number of ether oxygens (including phenoxy) is 2. The van der Waals surface area contributed by atoms with Gasteiger partial charge in [0.05, 0.1) is 25.8 Å². The lowest BCUT2D eigenvalue weighted by Gasteiger charge is -2.36. The maximum absolute atomic E-state index is 13.3. The Kier molecular flexibility index (Phi) is 7.51. The number of benzene rings is 2. The molecule has 0 bridgehead atoms. The standard InChI is InChI=1S/C27H35FN4O3/c1-21(30-12-15-34-16-13-30)27(33)32-14-17-35-26-7-2-22(18-23(26)20-32)19-29-8-10-31(11-9-29)25-5-3-24(28)4-6-25/h2-7,18,21H,8-17,19-20H2,1H3/t21-/m0/s1. The van der Waals surface area contributed by atoms with Gasteiger partial charge in [0.1, 0.15) is 18.2 Å². The van der Waals surface area contributed by atoms with E-state index in [2.05, 4.69) is 32.9 Å². The van der Waals surface area contributed by atoms with Gasteiger partial charge in [-0.3, -0.25) is 14.6 Å². The lowest BCUT2D eigenvalue weighted by molar-refractivity contribution is -0.138. The summed E-state index contributed by atoms with van der Waals surface area (Å²) in [7, 11) is 0. The predicted octanol–water partition coefficient (Wildman–Crippen LogP) is 2.59. The van der Waals surface area contributed by atoms with Crippen LogP contribution in [0.5, 0.6) is 5.75 Å². The molecule has 7 nitrogen and oxygen atoms in total. The SMILES string of the molecule is C[C@@H](C(=O)N1CCOc2ccc(CN3CCN(c4ccc(F)cc4)CC3)cc2C1)N1CCOCC1. The number of fused-ring (bicyclic) bond motifs is 1. The number of carbonyl (C=O) groups excluding carboxylic acids is 1. The van der Waals surface area contributed by atoms with Crippen LogP contribution in [0.2, 0.25) is 0 Å². The normalized spacial score (nSPS) is 20.6. The number of rotatable bonds is 5. The van der Waals surface area contributed by atoms with Crippen molar-refractivity contribution >= 4 is 11.6 Å². The van der Waals surface area contributed by atoms with Gasteiger partial charge in [0, 0.05) is 63.6 Å². The van der Waals surface area contributed by atoms with Crippen LogP contribution in [0.25, 0.3) is 0 Å². The quantitative estimate of drug-likeness (QED) is 0.653. The minimum Gasteiger partial charge on any atom is -0.491 e. The predicted molar refractivity (Wildman–Crippen MR) is 133 cm³/mol. The summed E-state index contributed by atoms with van der Waals surface area (Å²) in [4.78, 5) is 22.2. The molecule has 3 heterocycles. The number of nitrogens with zero attached hydrogens (tertiary/aromatic N) is 4. The van der Waals surface area contributed by atoms with E-state index in [-0.39, 0.29) is 17.8 Å². The van der Waals surface area contributed by atoms with Crippen molar-refractivity contribution in [3.8, 4) is 5.75 Å². The van der Waals surface area contributed by atoms with Crippen LogP contribution in [0.4, 0.5) is 10.1 Å². The zero-order valence-corrected chi connectivity index (χ0v) is 20.5. The van der Waals surface area contributed by atoms with Crippen molar-refractivity contribution in [3.63, 3.8) is 0 Å². The molecule has 1 amide bonds. The minimum atomic E-state index is -0.199. The second kappa shape index (κ2) is 10.9. The molecule has 35 heavy (non-hydrogen) atoms. The van der Waals surface area contributed by atoms with Crippen LogP contribution in [0.1, 0.15) is 18.1 Å². The molecule has 8 heteroatoms. The molecule has 2 aromatic rings. The Morgan fingerprint density at radius 1 is 0.943 bits per heavy atom. The van der Waals surface area contributed by atoms with Gasteiger partial charge in [-0.15, -0.1) is 0 Å². The van der Waals surface area contributed by atoms with Gasteiger partial charge in [0.2, 0.25) is 5.91 Å². The number of carbonyl (C=O) groups is 1. The average molecular weight is 483 g/mol. The highest BCUT2D eigenvalue weighted by molar-refractivity contribution is 5.81. The van der Waals surface area contributed by atoms with Gasteiger partial charge in [0.25, 0.3) is 0 Å². The molecule has 5 rings (SSSR count). The van der Waals surface area contributed by atoms with Crippen molar-refractivity contribution in [2.24, 2.45) is 0 Å². The van der Waals surface area contributed by atoms with E-state index in [1.807, 2.05) is 24.0 Å². The van der Waals surface area contributed by atoms with Gasteiger partial charge in [-0.1, -0.05) is 6.07 Å². The Hall–Kier alpha value is -2.68. The van der Waals surface area contributed by atoms with Gasteiger partial charge in [-0.05, 0) is 48.9 Å². The minimum absolute atomic E-state index is 0.152. The third-order valence-electron chi connectivity index (χ3n) is 7.34. The first-order valence-electron chi connectivity index (χ1n) is 12.6. The average Bonchev–Trinajstić information content (AvgIpc) is 3.11. The first kappa shape index (κ1) is 24.0. The monoisotopic (exact) mass is 482 g/mol. The number of piperazine rings is 1. The summed E-state index contributed by atoms with van der Waals surface area (Å²) in [6.07, 6.45) is 0. The number of amides is 1. The maximum atomic E-state index is 13.3. The van der Waals surface area contributed by atoms with E-state index in [0.717, 1.165) is 62.8 Å². The van der Waals surface area contributed by atoms with Crippen molar-refractivity contribution in [2.45, 2.75) is 26.1 Å². The molecular weight excluding hydrogens is 447 g/mol. The van der Waals surface area contributed by atoms with Crippen LogP contribution in [0.3, 0.4) is 0 Å². The molecule has 0 radical (unpaired) electrons. The Morgan fingerprint density at radius 2 is 1.69 bits per heavy atom. The van der Waals surface area contributed by atoms with Gasteiger partial charge in [-0.25, -0.2) is 4.39 Å². The molecule has 188 valence electrons. The second-order valence-electron chi connectivity index (χ2n) is 9.61. The molecule has 0 aromatic heterocycles. The molecule has 2 fully saturated rings. The Bertz CT molecular complexity index is 1000. The highest BCUT2D eigenvalue weighted by Crippen LogP contribution is 2.26. The topological polar surface area (TPSA) is 48.5 Å². The first-order valence-corrected chi connectivity index (χ1v) is 12.6. The zero-order valence-electron chi connectivity index (χ0n) is 20.5. The lowest BCUT2D eigenvalue weighted by atomic mass is 10.1. The fourth-order valence-electron chi connectivity index (χ4n) is 5.19. The third-order valence-corrected chi connectivity index (χ3v) is 7.34. The van der Waals surface area contributed by atoms with Crippen LogP contribution in [0, 0.1) is 5.82 Å². The van der Waals surface area contributed by atoms with E-state index in [9.17, 15) is 9.18 Å². The highest BCUT2D eigenvalue weighted by atomic mass is 19.1. The van der Waals surface area contributed by atoms with Crippen LogP contribution >= 0.6 is 0 Å². The molecule has 1 atom stereocenters. The van der Waals surface area contributed by atoms with Crippen LogP contribution < -0.4 is 9.64 Å². The highest BCUT2D eigenvalue weighted by Gasteiger charge is 2.29. The molecule has 0 N–H and O–H groups in total. The Balaban J connectivity index is 1.19. The second-order valence-corrected chi connectivity index (χ2v) is 9.61. The summed E-state index contributed by atoms with van der Waals surface area (Å²) < 4.78 is 24.7. The molecule has 0 saturated carbocycles. The van der Waals surface area contributed by atoms with Gasteiger partial charge in [-0.2, -0.15) is 0 Å². The van der Waals surface area contributed by atoms with Gasteiger partial charge in [0.15, 0.2) is 0 Å². The van der Waals surface area contributed by atoms with Gasteiger partial charge < -0.3 is 19.3 Å². The molecule has 3 aliphatic rings. The van der Waals surface area contributed by atoms with Crippen molar-refractivity contribution in [1.82, 2.24) is 14.7 Å². The number of halogens is 1. The molecule has 0 spiro atoms. The van der Waals surface area contributed by atoms with Crippen LogP contribution in [0.15, 0.2) is 42.5 Å². The van der Waals surface area contributed by atoms with E-state index in [4.69, 9.17) is 9.47 Å². The summed E-state index contributed by atoms with van der Waals surface area (Å²) >= 11 is 0. The lowest BCUT2D eigenvalue weighted by Crippen LogP contribution is -2.51. The van der Waals surface area contributed by atoms with Gasteiger partial charge >= 0.3 is 0 Å². The summed E-state index contributed by atoms with van der Waals surface area (Å²) in [6.45, 7) is 11.3. The van der Waals surface area contributed by atoms with Crippen molar-refractivity contribution in [1.29, 1.82) is 0 Å². The number of anilines is 1. The first-order chi connectivity index (χ1) is 17.1. The molecule has 3 aliphatic heterocycles. The fraction of sp³-hybridized carbons (Fsp3) is 0.519. The van der Waals surface area contributed by atoms with E-state index in [1.54, 1.807) is 0 Å². The number of hydrogen-bond acceptors (Lipinski definition) is 6. The van der Waals surface area contributed by atoms with E-state index in [0.29, 0.717) is 32.9 Å². The largest absolute Gasteiger partial charge is 0.491 e. The maximum Gasteiger partial charge on any atom is 0.240 e. The fourth-order valence-corrected chi connectivity index (χ4v) is 5.19. The molecule has 0 unspecified atom stereocenters. The summed E-state index contributed by atoms with van der Waals surface area (Å²) in [5.74, 6) is 0.838. The van der Waals surface area contributed by atoms with Crippen LogP contribution in [-0.4, -0.2) is 92.3 Å². The van der Waals surface area contributed by atoms with Crippen LogP contribution in [-0.2, 0) is 22.6 Å². The Morgan fingerprint density at radius 3 is 2.43 bits per heavy atom. The third kappa shape index (κ3) is 5.77. The summed E-state index contributed by atoms with van der Waals surface area (Å²) in [5.41, 5.74) is 3.38. The summed E-state index contributed by atoms with van der Waals surface area (Å²) in [5, 5.41) is 0. The van der Waals surface area contributed by atoms with Crippen molar-refractivity contribution < 1.29 is 18.7 Å². The zero-order chi connectivity index (χ0) is 24.2. The molecular formula is C27H35FN4O3. The molecule has 2 aromatic carbocycles. The number of morpholine rings is 1. The number of hydrogen-bond donors (Lipinski definition) is 0. The van der Waals surface area contributed by atoms with Crippen molar-refractivity contribution in [3.05, 3.63) is 59.4 Å². The van der Waals surface area contributed by atoms with E-state index < -0.39 is 0 Å². The molecule has 0 aliphatic carbocycles. The van der Waals surface area contributed by atoms with E-state index >= 15 is 0 Å².